The van der Waals surface area contributed by atoms with Gasteiger partial charge < -0.3 is 42.8 Å². The molecule has 55 heavy (non-hydrogen) atoms. The van der Waals surface area contributed by atoms with E-state index in [4.69, 9.17) is 37.9 Å². The number of Topliss-reactive ketones (excluding diaryl/α,β-unsaturated/α-hetero) is 1. The van der Waals surface area contributed by atoms with E-state index >= 15 is 0 Å². The molecule has 0 aromatic carbocycles. The Morgan fingerprint density at radius 1 is 0.873 bits per heavy atom. The van der Waals surface area contributed by atoms with Crippen LogP contribution in [0, 0.1) is 41.4 Å². The van der Waals surface area contributed by atoms with Crippen LogP contribution in [0.1, 0.15) is 98.8 Å². The first-order chi connectivity index (χ1) is 26.4. The normalized spacial score (nSPS) is 44.0. The highest BCUT2D eigenvalue weighted by molar-refractivity contribution is 5.99. The first-order valence-electron chi connectivity index (χ1n) is 21.4. The molecule has 0 aromatic heterocycles. The van der Waals surface area contributed by atoms with Gasteiger partial charge in [0.15, 0.2) is 18.4 Å². The lowest BCUT2D eigenvalue weighted by Crippen LogP contribution is -2.60. The minimum Gasteiger partial charge on any atom is -0.462 e. The molecule has 0 bridgehead atoms. The first-order valence-corrected chi connectivity index (χ1v) is 21.4. The van der Waals surface area contributed by atoms with Crippen molar-refractivity contribution in [2.75, 3.05) is 35.4 Å². The number of carbonyl (C=O) groups excluding carboxylic acids is 2. The van der Waals surface area contributed by atoms with E-state index in [0.717, 1.165) is 56.9 Å². The van der Waals surface area contributed by atoms with E-state index in [1.807, 2.05) is 6.92 Å². The lowest BCUT2D eigenvalue weighted by atomic mass is 9.70. The molecule has 3 heterocycles. The number of rotatable bonds is 11. The highest BCUT2D eigenvalue weighted by atomic mass is 16.7. The molecule has 11 heteroatoms. The number of esters is 1. The number of carbonyl (C=O) groups is 2. The zero-order chi connectivity index (χ0) is 39.6. The second-order valence-electron chi connectivity index (χ2n) is 18.0. The summed E-state index contributed by atoms with van der Waals surface area (Å²) >= 11 is 0. The molecule has 3 aliphatic carbocycles. The molecule has 1 saturated carbocycles. The van der Waals surface area contributed by atoms with Crippen LogP contribution >= 0.6 is 0 Å². The highest BCUT2D eigenvalue weighted by Gasteiger charge is 2.53. The van der Waals surface area contributed by atoms with Gasteiger partial charge in [0.25, 0.3) is 0 Å². The van der Waals surface area contributed by atoms with Crippen molar-refractivity contribution in [3.63, 3.8) is 0 Å². The fourth-order valence-electron chi connectivity index (χ4n) is 11.0. The quantitative estimate of drug-likeness (QED) is 0.169. The first kappa shape index (κ1) is 42.9. The molecule has 17 atom stereocenters. The van der Waals surface area contributed by atoms with Crippen molar-refractivity contribution in [2.24, 2.45) is 41.4 Å². The number of hydrogen-bond donors (Lipinski definition) is 0. The Bertz CT molecular complexity index is 1350. The SMILES string of the molecule is CC[C@@H]1OC(OC2CC3C=CC4C5CC(=O)OC(CC(C)C)CCCC(OC6CC[C@@H](N(C)C)[C@@H](C)O6)C(C)C(=O)C5=CC4C3C2)C(OC)C(OC)C1OC. The molecule has 0 aromatic rings. The van der Waals surface area contributed by atoms with Gasteiger partial charge in [0, 0.05) is 39.2 Å². The number of allylic oxidation sites excluding steroid dienone is 4. The smallest absolute Gasteiger partial charge is 0.306 e. The Hall–Kier alpha value is -1.70. The lowest BCUT2D eigenvalue weighted by molar-refractivity contribution is -0.317. The Morgan fingerprint density at radius 2 is 1.62 bits per heavy atom. The number of ketones is 1. The van der Waals surface area contributed by atoms with Crippen molar-refractivity contribution >= 4 is 11.8 Å². The third-order valence-electron chi connectivity index (χ3n) is 13.8. The third kappa shape index (κ3) is 9.46. The van der Waals surface area contributed by atoms with Crippen molar-refractivity contribution in [3.8, 4) is 0 Å². The molecular formula is C44H71NO10. The van der Waals surface area contributed by atoms with Crippen molar-refractivity contribution in [1.29, 1.82) is 0 Å². The van der Waals surface area contributed by atoms with Gasteiger partial charge in [-0.05, 0) is 114 Å². The average molecular weight is 774 g/mol. The molecule has 3 saturated heterocycles. The van der Waals surface area contributed by atoms with E-state index in [1.165, 1.54) is 0 Å². The van der Waals surface area contributed by atoms with Crippen LogP contribution in [0.4, 0.5) is 0 Å². The predicted molar refractivity (Wildman–Crippen MR) is 208 cm³/mol. The molecular weight excluding hydrogens is 702 g/mol. The summed E-state index contributed by atoms with van der Waals surface area (Å²) in [7, 11) is 9.21. The van der Waals surface area contributed by atoms with Gasteiger partial charge in [0.2, 0.25) is 0 Å². The van der Waals surface area contributed by atoms with Gasteiger partial charge in [0.1, 0.15) is 24.4 Å². The number of ether oxygens (including phenoxy) is 8. The molecule has 3 aliphatic heterocycles. The predicted octanol–water partition coefficient (Wildman–Crippen LogP) is 6.51. The van der Waals surface area contributed by atoms with Crippen LogP contribution in [0.5, 0.6) is 0 Å². The van der Waals surface area contributed by atoms with Crippen LogP contribution in [0.15, 0.2) is 23.8 Å². The molecule has 11 nitrogen and oxygen atoms in total. The highest BCUT2D eigenvalue weighted by Crippen LogP contribution is 2.54. The summed E-state index contributed by atoms with van der Waals surface area (Å²) in [5.74, 6) is 0.395. The zero-order valence-electron chi connectivity index (χ0n) is 35.2. The summed E-state index contributed by atoms with van der Waals surface area (Å²) in [6.07, 6.45) is 11.7. The molecule has 312 valence electrons. The van der Waals surface area contributed by atoms with Gasteiger partial charge in [-0.1, -0.05) is 45.9 Å². The standard InChI is InChI=1S/C44H71NO10/c1-11-36-41(48-8)42(49-9)43(50-10)44(55-36)53-29-20-27-15-16-30-32(31(27)21-29)22-34-33(30)23-38(46)52-28(19-24(2)3)13-12-14-37(25(4)40(34)47)54-39-18-17-35(45(6)7)26(5)51-39/h15-16,22,24-33,35-37,39,41-44H,11-14,17-21,23H2,1-10H3/t25?,26-,27?,28?,29?,30?,31?,32?,33?,35-,36+,37?,39?,41?,42?,43?,44?/m1/s1. The molecule has 6 rings (SSSR count). The number of methoxy groups -OCH3 is 3. The second-order valence-corrected chi connectivity index (χ2v) is 18.0. The third-order valence-corrected chi connectivity index (χ3v) is 13.8. The fourth-order valence-corrected chi connectivity index (χ4v) is 11.0. The van der Waals surface area contributed by atoms with Gasteiger partial charge in [0.05, 0.1) is 30.8 Å². The Labute approximate surface area is 330 Å². The minimum absolute atomic E-state index is 0.0339. The van der Waals surface area contributed by atoms with E-state index in [-0.39, 0.29) is 96.8 Å². The maximum atomic E-state index is 14.8. The summed E-state index contributed by atoms with van der Waals surface area (Å²) in [6.45, 7) is 10.6. The van der Waals surface area contributed by atoms with E-state index in [0.29, 0.717) is 24.3 Å². The number of likely N-dealkylation sites (N-methyl/N-ethyl adjacent to an activating group) is 1. The monoisotopic (exact) mass is 774 g/mol. The van der Waals surface area contributed by atoms with Crippen LogP contribution in [0.2, 0.25) is 0 Å². The Kier molecular flexibility index (Phi) is 14.8. The van der Waals surface area contributed by atoms with E-state index in [1.54, 1.807) is 21.3 Å². The molecule has 0 amide bonds. The average Bonchev–Trinajstić information content (AvgIpc) is 3.73. The van der Waals surface area contributed by atoms with Gasteiger partial charge >= 0.3 is 5.97 Å². The topological polar surface area (TPSA) is 111 Å². The number of nitrogens with zero attached hydrogens (tertiary/aromatic N) is 1. The van der Waals surface area contributed by atoms with E-state index < -0.39 is 12.4 Å². The van der Waals surface area contributed by atoms with Crippen molar-refractivity contribution < 1.29 is 47.5 Å². The maximum Gasteiger partial charge on any atom is 0.306 e. The minimum atomic E-state index is -0.592. The summed E-state index contributed by atoms with van der Waals surface area (Å²) in [5, 5.41) is 0. The lowest BCUT2D eigenvalue weighted by Gasteiger charge is -2.45. The van der Waals surface area contributed by atoms with Gasteiger partial charge in [-0.3, -0.25) is 9.59 Å². The molecule has 0 spiro atoms. The largest absolute Gasteiger partial charge is 0.462 e. The van der Waals surface area contributed by atoms with Gasteiger partial charge in [-0.15, -0.1) is 0 Å². The number of cyclic esters (lactones) is 1. The number of hydrogen-bond acceptors (Lipinski definition) is 11. The van der Waals surface area contributed by atoms with Crippen molar-refractivity contribution in [3.05, 3.63) is 23.8 Å². The van der Waals surface area contributed by atoms with Crippen LogP contribution < -0.4 is 0 Å². The zero-order valence-corrected chi connectivity index (χ0v) is 35.2. The van der Waals surface area contributed by atoms with E-state index in [9.17, 15) is 9.59 Å². The summed E-state index contributed by atoms with van der Waals surface area (Å²) < 4.78 is 50.3. The van der Waals surface area contributed by atoms with E-state index in [2.05, 4.69) is 64.9 Å². The molecule has 0 radical (unpaired) electrons. The van der Waals surface area contributed by atoms with Crippen LogP contribution in [0.25, 0.3) is 0 Å². The summed E-state index contributed by atoms with van der Waals surface area (Å²) in [4.78, 5) is 30.7. The van der Waals surface area contributed by atoms with Crippen LogP contribution in [-0.4, -0.2) is 120 Å². The van der Waals surface area contributed by atoms with Crippen molar-refractivity contribution in [1.82, 2.24) is 4.90 Å². The van der Waals surface area contributed by atoms with Crippen LogP contribution in [0.3, 0.4) is 0 Å². The summed E-state index contributed by atoms with van der Waals surface area (Å²) in [5.41, 5.74) is 0.767. The van der Waals surface area contributed by atoms with Gasteiger partial charge in [-0.25, -0.2) is 0 Å². The van der Waals surface area contributed by atoms with Gasteiger partial charge in [-0.2, -0.15) is 0 Å². The Balaban J connectivity index is 1.22. The Morgan fingerprint density at radius 3 is 2.27 bits per heavy atom. The van der Waals surface area contributed by atoms with Crippen LogP contribution in [-0.2, 0) is 47.5 Å². The number of fused-ring (bicyclic) bond motifs is 5. The molecule has 14 unspecified atom stereocenters. The molecule has 6 aliphatic rings. The molecule has 4 fully saturated rings. The summed E-state index contributed by atoms with van der Waals surface area (Å²) in [6, 6.07) is 0.335. The molecule has 0 N–H and O–H groups in total. The fraction of sp³-hybridized carbons (Fsp3) is 0.864. The van der Waals surface area contributed by atoms with Crippen molar-refractivity contribution in [2.45, 2.75) is 166 Å². The second kappa shape index (κ2) is 18.9. The maximum absolute atomic E-state index is 14.8.